The maximum atomic E-state index is 12.0. The number of carbonyl (C=O) groups excluding carboxylic acids is 1. The number of rotatable bonds is 5. The summed E-state index contributed by atoms with van der Waals surface area (Å²) in [5, 5.41) is 7.02. The lowest BCUT2D eigenvalue weighted by molar-refractivity contribution is -0.119. The molecule has 1 amide bonds. The number of amides is 1. The van der Waals surface area contributed by atoms with E-state index in [1.165, 1.54) is 16.6 Å². The standard InChI is InChI=1S/C17H16N2OS2/c1-12(15-7-4-10-21-15)18-16(20)11-22-17-9-8-13-5-2-3-6-14(13)19-17/h2-10,12H,11H2,1H3,(H,18,20). The zero-order chi connectivity index (χ0) is 15.4. The van der Waals surface area contributed by atoms with Gasteiger partial charge in [-0.15, -0.1) is 11.3 Å². The minimum Gasteiger partial charge on any atom is -0.348 e. The van der Waals surface area contributed by atoms with Gasteiger partial charge < -0.3 is 5.32 Å². The zero-order valence-electron chi connectivity index (χ0n) is 12.2. The molecule has 1 N–H and O–H groups in total. The number of carbonyl (C=O) groups is 1. The quantitative estimate of drug-likeness (QED) is 0.711. The van der Waals surface area contributed by atoms with Crippen molar-refractivity contribution in [3.05, 3.63) is 58.8 Å². The molecule has 3 aromatic rings. The van der Waals surface area contributed by atoms with E-state index < -0.39 is 0 Å². The molecule has 0 radical (unpaired) electrons. The van der Waals surface area contributed by atoms with Crippen LogP contribution in [-0.4, -0.2) is 16.6 Å². The van der Waals surface area contributed by atoms with Crippen molar-refractivity contribution in [3.63, 3.8) is 0 Å². The highest BCUT2D eigenvalue weighted by molar-refractivity contribution is 7.99. The number of pyridine rings is 1. The van der Waals surface area contributed by atoms with Crippen LogP contribution in [0.1, 0.15) is 17.8 Å². The number of thioether (sulfide) groups is 1. The molecule has 22 heavy (non-hydrogen) atoms. The molecule has 0 saturated carbocycles. The van der Waals surface area contributed by atoms with E-state index in [-0.39, 0.29) is 11.9 Å². The van der Waals surface area contributed by atoms with Crippen LogP contribution in [0.25, 0.3) is 10.9 Å². The lowest BCUT2D eigenvalue weighted by atomic mass is 10.2. The Morgan fingerprint density at radius 1 is 1.23 bits per heavy atom. The Balaban J connectivity index is 1.57. The van der Waals surface area contributed by atoms with Crippen molar-refractivity contribution < 1.29 is 4.79 Å². The first-order valence-electron chi connectivity index (χ1n) is 7.04. The third-order valence-electron chi connectivity index (χ3n) is 3.27. The van der Waals surface area contributed by atoms with E-state index >= 15 is 0 Å². The van der Waals surface area contributed by atoms with Gasteiger partial charge >= 0.3 is 0 Å². The summed E-state index contributed by atoms with van der Waals surface area (Å²) in [4.78, 5) is 17.8. The number of fused-ring (bicyclic) bond motifs is 1. The summed E-state index contributed by atoms with van der Waals surface area (Å²) < 4.78 is 0. The van der Waals surface area contributed by atoms with Crippen LogP contribution in [0.5, 0.6) is 0 Å². The lowest BCUT2D eigenvalue weighted by Crippen LogP contribution is -2.27. The molecule has 1 unspecified atom stereocenters. The average molecular weight is 328 g/mol. The van der Waals surface area contributed by atoms with E-state index in [2.05, 4.69) is 10.3 Å². The van der Waals surface area contributed by atoms with Gasteiger partial charge in [-0.2, -0.15) is 0 Å². The number of nitrogens with one attached hydrogen (secondary N) is 1. The van der Waals surface area contributed by atoms with Gasteiger partial charge in [0.2, 0.25) is 5.91 Å². The third kappa shape index (κ3) is 3.67. The summed E-state index contributed by atoms with van der Waals surface area (Å²) in [7, 11) is 0. The maximum absolute atomic E-state index is 12.0. The van der Waals surface area contributed by atoms with Crippen LogP contribution in [0.15, 0.2) is 58.9 Å². The highest BCUT2D eigenvalue weighted by atomic mass is 32.2. The van der Waals surface area contributed by atoms with Gasteiger partial charge in [0.1, 0.15) is 0 Å². The minimum absolute atomic E-state index is 0.0286. The Labute approximate surface area is 137 Å². The number of nitrogens with zero attached hydrogens (tertiary/aromatic N) is 1. The van der Waals surface area contributed by atoms with Gasteiger partial charge in [-0.1, -0.05) is 42.1 Å². The maximum Gasteiger partial charge on any atom is 0.230 e. The topological polar surface area (TPSA) is 42.0 Å². The molecular formula is C17H16N2OS2. The van der Waals surface area contributed by atoms with Gasteiger partial charge in [-0.25, -0.2) is 4.98 Å². The number of benzene rings is 1. The van der Waals surface area contributed by atoms with Gasteiger partial charge in [0.25, 0.3) is 0 Å². The normalized spacial score (nSPS) is 12.2. The van der Waals surface area contributed by atoms with Crippen LogP contribution >= 0.6 is 23.1 Å². The Bertz CT molecular complexity index is 771. The van der Waals surface area contributed by atoms with Crippen LogP contribution in [0.4, 0.5) is 0 Å². The number of hydrogen-bond acceptors (Lipinski definition) is 4. The summed E-state index contributed by atoms with van der Waals surface area (Å²) in [6.07, 6.45) is 0. The third-order valence-corrected chi connectivity index (χ3v) is 5.26. The molecule has 3 rings (SSSR count). The second-order valence-electron chi connectivity index (χ2n) is 4.94. The zero-order valence-corrected chi connectivity index (χ0v) is 13.8. The predicted octanol–water partition coefficient (Wildman–Crippen LogP) is 4.27. The van der Waals surface area contributed by atoms with Crippen LogP contribution in [0, 0.1) is 0 Å². The summed E-state index contributed by atoms with van der Waals surface area (Å²) in [6.45, 7) is 2.00. The van der Waals surface area contributed by atoms with Crippen molar-refractivity contribution in [1.29, 1.82) is 0 Å². The summed E-state index contributed by atoms with van der Waals surface area (Å²) in [6, 6.07) is 16.1. The molecule has 5 heteroatoms. The number of hydrogen-bond donors (Lipinski definition) is 1. The molecule has 3 nitrogen and oxygen atoms in total. The minimum atomic E-state index is 0.0286. The van der Waals surface area contributed by atoms with Gasteiger partial charge in [-0.3, -0.25) is 4.79 Å². The van der Waals surface area contributed by atoms with Crippen molar-refractivity contribution >= 4 is 39.9 Å². The SMILES string of the molecule is CC(NC(=O)CSc1ccc2ccccc2n1)c1cccs1. The second kappa shape index (κ2) is 6.94. The molecule has 2 heterocycles. The van der Waals surface area contributed by atoms with Crippen molar-refractivity contribution in [2.45, 2.75) is 18.0 Å². The molecule has 0 aliphatic heterocycles. The van der Waals surface area contributed by atoms with E-state index in [9.17, 15) is 4.79 Å². The first kappa shape index (κ1) is 15.1. The molecule has 0 spiro atoms. The van der Waals surface area contributed by atoms with E-state index in [0.29, 0.717) is 5.75 Å². The van der Waals surface area contributed by atoms with Crippen LogP contribution in [0.2, 0.25) is 0 Å². The van der Waals surface area contributed by atoms with E-state index in [1.54, 1.807) is 11.3 Å². The number of para-hydroxylation sites is 1. The average Bonchev–Trinajstić information content (AvgIpc) is 3.07. The molecule has 1 atom stereocenters. The smallest absolute Gasteiger partial charge is 0.230 e. The fraction of sp³-hybridized carbons (Fsp3) is 0.176. The van der Waals surface area contributed by atoms with E-state index in [0.717, 1.165) is 15.9 Å². The monoisotopic (exact) mass is 328 g/mol. The lowest BCUT2D eigenvalue weighted by Gasteiger charge is -2.11. The summed E-state index contributed by atoms with van der Waals surface area (Å²) in [5.41, 5.74) is 0.958. The van der Waals surface area contributed by atoms with Crippen LogP contribution < -0.4 is 5.32 Å². The molecule has 0 aliphatic carbocycles. The molecule has 112 valence electrons. The Morgan fingerprint density at radius 3 is 2.91 bits per heavy atom. The molecule has 0 fully saturated rings. The Kier molecular flexibility index (Phi) is 4.75. The number of aromatic nitrogens is 1. The molecule has 0 aliphatic rings. The Hall–Kier alpha value is -1.85. The molecular weight excluding hydrogens is 312 g/mol. The van der Waals surface area contributed by atoms with Gasteiger partial charge in [0.05, 0.1) is 22.3 Å². The first-order valence-corrected chi connectivity index (χ1v) is 8.90. The Morgan fingerprint density at radius 2 is 2.09 bits per heavy atom. The highest BCUT2D eigenvalue weighted by Gasteiger charge is 2.11. The number of thiophene rings is 1. The molecule has 0 bridgehead atoms. The van der Waals surface area contributed by atoms with Gasteiger partial charge in [-0.05, 0) is 30.5 Å². The predicted molar refractivity (Wildman–Crippen MR) is 93.3 cm³/mol. The van der Waals surface area contributed by atoms with E-state index in [1.807, 2.05) is 60.8 Å². The van der Waals surface area contributed by atoms with Gasteiger partial charge in [0.15, 0.2) is 0 Å². The van der Waals surface area contributed by atoms with Crippen molar-refractivity contribution in [3.8, 4) is 0 Å². The largest absolute Gasteiger partial charge is 0.348 e. The first-order chi connectivity index (χ1) is 10.7. The fourth-order valence-electron chi connectivity index (χ4n) is 2.16. The highest BCUT2D eigenvalue weighted by Crippen LogP contribution is 2.21. The molecule has 0 saturated heterocycles. The second-order valence-corrected chi connectivity index (χ2v) is 6.91. The van der Waals surface area contributed by atoms with Crippen molar-refractivity contribution in [2.75, 3.05) is 5.75 Å². The van der Waals surface area contributed by atoms with E-state index in [4.69, 9.17) is 0 Å². The fourth-order valence-corrected chi connectivity index (χ4v) is 3.58. The summed E-state index contributed by atoms with van der Waals surface area (Å²) >= 11 is 3.12. The van der Waals surface area contributed by atoms with Gasteiger partial charge in [0, 0.05) is 10.3 Å². The van der Waals surface area contributed by atoms with Crippen LogP contribution in [-0.2, 0) is 4.79 Å². The van der Waals surface area contributed by atoms with Crippen molar-refractivity contribution in [1.82, 2.24) is 10.3 Å². The molecule has 1 aromatic carbocycles. The molecule has 2 aromatic heterocycles. The van der Waals surface area contributed by atoms with Crippen LogP contribution in [0.3, 0.4) is 0 Å². The van der Waals surface area contributed by atoms with Crippen molar-refractivity contribution in [2.24, 2.45) is 0 Å². The summed E-state index contributed by atoms with van der Waals surface area (Å²) in [5.74, 6) is 0.405.